The fourth-order valence-electron chi connectivity index (χ4n) is 3.75. The van der Waals surface area contributed by atoms with Crippen molar-refractivity contribution in [2.45, 2.75) is 56.7 Å². The molecular weight excluding hydrogens is 442 g/mol. The number of rotatable bonds is 5. The maximum atomic E-state index is 12.4. The van der Waals surface area contributed by atoms with Crippen LogP contribution in [0, 0.1) is 0 Å². The lowest BCUT2D eigenvalue weighted by molar-refractivity contribution is -0.153. The number of nitrogens with zero attached hydrogens (tertiary/aromatic N) is 1. The minimum atomic E-state index is -1.26. The first kappa shape index (κ1) is 23.1. The number of piperidine rings is 1. The van der Waals surface area contributed by atoms with Gasteiger partial charge in [0.15, 0.2) is 0 Å². The molecule has 0 radical (unpaired) electrons. The lowest BCUT2D eigenvalue weighted by atomic mass is 9.99. The molecule has 0 spiro atoms. The molecule has 1 aromatic carbocycles. The van der Waals surface area contributed by atoms with E-state index in [1.807, 2.05) is 31.2 Å². The van der Waals surface area contributed by atoms with Crippen LogP contribution in [0.5, 0.6) is 0 Å². The van der Waals surface area contributed by atoms with Gasteiger partial charge in [-0.1, -0.05) is 28.1 Å². The molecule has 0 amide bonds. The summed E-state index contributed by atoms with van der Waals surface area (Å²) in [7, 11) is 2.20. The first-order valence-corrected chi connectivity index (χ1v) is 10.3. The molecule has 0 saturated carbocycles. The molecule has 29 heavy (non-hydrogen) atoms. The van der Waals surface area contributed by atoms with E-state index in [1.54, 1.807) is 0 Å². The molecule has 0 aromatic heterocycles. The minimum Gasteiger partial charge on any atom is -0.478 e. The number of carboxylic acid groups (broad SMARTS) is 2. The fraction of sp³-hybridized carbons (Fsp3) is 0.476. The van der Waals surface area contributed by atoms with Crippen molar-refractivity contribution < 1.29 is 29.3 Å². The van der Waals surface area contributed by atoms with Gasteiger partial charge in [-0.2, -0.15) is 0 Å². The van der Waals surface area contributed by atoms with Crippen LogP contribution >= 0.6 is 15.9 Å². The molecule has 8 heteroatoms. The minimum absolute atomic E-state index is 0.0914. The summed E-state index contributed by atoms with van der Waals surface area (Å²) in [6.45, 7) is 1.93. The average Bonchev–Trinajstić information content (AvgIpc) is 2.88. The predicted octanol–water partition coefficient (Wildman–Crippen LogP) is 3.43. The first-order valence-electron chi connectivity index (χ1n) is 9.49. The van der Waals surface area contributed by atoms with E-state index in [1.165, 1.54) is 12.8 Å². The number of ether oxygens (including phenoxy) is 1. The van der Waals surface area contributed by atoms with Crippen molar-refractivity contribution in [2.24, 2.45) is 0 Å². The highest BCUT2D eigenvalue weighted by molar-refractivity contribution is 9.10. The molecule has 2 N–H and O–H groups in total. The van der Waals surface area contributed by atoms with Crippen LogP contribution in [0.1, 0.15) is 44.1 Å². The van der Waals surface area contributed by atoms with Gasteiger partial charge in [-0.05, 0) is 57.4 Å². The molecule has 2 saturated heterocycles. The van der Waals surface area contributed by atoms with Crippen molar-refractivity contribution >= 4 is 33.8 Å². The largest absolute Gasteiger partial charge is 0.478 e. The van der Waals surface area contributed by atoms with Crippen LogP contribution in [-0.4, -0.2) is 58.3 Å². The number of carboxylic acids is 2. The average molecular weight is 468 g/mol. The van der Waals surface area contributed by atoms with Crippen LogP contribution in [-0.2, 0) is 19.1 Å². The van der Waals surface area contributed by atoms with Gasteiger partial charge >= 0.3 is 17.9 Å². The maximum absolute atomic E-state index is 12.4. The van der Waals surface area contributed by atoms with Crippen molar-refractivity contribution in [3.8, 4) is 0 Å². The Morgan fingerprint density at radius 1 is 1.07 bits per heavy atom. The van der Waals surface area contributed by atoms with Gasteiger partial charge < -0.3 is 19.8 Å². The van der Waals surface area contributed by atoms with Crippen LogP contribution in [0.25, 0.3) is 0 Å². The Balaban J connectivity index is 0.000000321. The van der Waals surface area contributed by atoms with Gasteiger partial charge in [0.1, 0.15) is 6.10 Å². The summed E-state index contributed by atoms with van der Waals surface area (Å²) in [6, 6.07) is 9.10. The quantitative estimate of drug-likeness (QED) is 0.504. The second-order valence-corrected chi connectivity index (χ2v) is 8.28. The molecule has 2 heterocycles. The van der Waals surface area contributed by atoms with E-state index < -0.39 is 11.9 Å². The summed E-state index contributed by atoms with van der Waals surface area (Å²) in [5, 5.41) is 15.6. The number of halogens is 1. The second kappa shape index (κ2) is 10.5. The molecule has 0 aliphatic carbocycles. The summed E-state index contributed by atoms with van der Waals surface area (Å²) < 4.78 is 6.82. The Hall–Kier alpha value is -2.19. The smallest absolute Gasteiger partial charge is 0.328 e. The Morgan fingerprint density at radius 3 is 2.00 bits per heavy atom. The highest BCUT2D eigenvalue weighted by Crippen LogP contribution is 2.36. The molecule has 1 aromatic rings. The van der Waals surface area contributed by atoms with Gasteiger partial charge in [-0.15, -0.1) is 0 Å². The monoisotopic (exact) mass is 467 g/mol. The van der Waals surface area contributed by atoms with E-state index in [9.17, 15) is 14.4 Å². The normalized spacial score (nSPS) is 24.4. The number of esters is 1. The topological polar surface area (TPSA) is 104 Å². The van der Waals surface area contributed by atoms with Crippen LogP contribution in [0.2, 0.25) is 0 Å². The zero-order chi connectivity index (χ0) is 21.6. The molecule has 2 fully saturated rings. The van der Waals surface area contributed by atoms with Crippen molar-refractivity contribution in [2.75, 3.05) is 7.05 Å². The van der Waals surface area contributed by atoms with E-state index in [-0.39, 0.29) is 18.0 Å². The third-order valence-corrected chi connectivity index (χ3v) is 5.96. The Bertz CT molecular complexity index is 733. The summed E-state index contributed by atoms with van der Waals surface area (Å²) >= 11 is 3.42. The third kappa shape index (κ3) is 6.97. The van der Waals surface area contributed by atoms with Gasteiger partial charge in [0.05, 0.1) is 5.92 Å². The fourth-order valence-corrected chi connectivity index (χ4v) is 4.02. The third-order valence-electron chi connectivity index (χ3n) is 5.43. The highest BCUT2D eigenvalue weighted by atomic mass is 79.9. The number of benzene rings is 1. The molecule has 7 nitrogen and oxygen atoms in total. The Morgan fingerprint density at radius 2 is 1.55 bits per heavy atom. The van der Waals surface area contributed by atoms with Crippen molar-refractivity contribution in [3.05, 3.63) is 46.5 Å². The van der Waals surface area contributed by atoms with Crippen molar-refractivity contribution in [3.63, 3.8) is 0 Å². The zero-order valence-electron chi connectivity index (χ0n) is 16.5. The number of carbonyl (C=O) groups is 3. The Kier molecular flexibility index (Phi) is 8.40. The predicted molar refractivity (Wildman–Crippen MR) is 111 cm³/mol. The van der Waals surface area contributed by atoms with Crippen LogP contribution in [0.15, 0.2) is 40.9 Å². The summed E-state index contributed by atoms with van der Waals surface area (Å²) in [4.78, 5) is 33.9. The number of carbonyl (C=O) groups excluding carboxylic acids is 1. The van der Waals surface area contributed by atoms with E-state index in [2.05, 4.69) is 27.9 Å². The van der Waals surface area contributed by atoms with Gasteiger partial charge in [-0.3, -0.25) is 4.79 Å². The van der Waals surface area contributed by atoms with Crippen LogP contribution in [0.3, 0.4) is 0 Å². The van der Waals surface area contributed by atoms with Crippen molar-refractivity contribution in [1.29, 1.82) is 0 Å². The molecule has 2 unspecified atom stereocenters. The first-order chi connectivity index (χ1) is 13.7. The zero-order valence-corrected chi connectivity index (χ0v) is 18.0. The van der Waals surface area contributed by atoms with Gasteiger partial charge in [0.25, 0.3) is 0 Å². The van der Waals surface area contributed by atoms with E-state index in [0.29, 0.717) is 24.2 Å². The molecule has 3 rings (SSSR count). The lowest BCUT2D eigenvalue weighted by Crippen LogP contribution is -2.43. The molecule has 2 aliphatic rings. The van der Waals surface area contributed by atoms with Gasteiger partial charge in [0.2, 0.25) is 0 Å². The van der Waals surface area contributed by atoms with Crippen LogP contribution in [0.4, 0.5) is 0 Å². The molecule has 2 aliphatic heterocycles. The second-order valence-electron chi connectivity index (χ2n) is 7.36. The SMILES string of the molecule is CC(C(=O)OC1C[C@H]2CC[C@@H](C1)N2C)c1ccc(Br)cc1.O=C(O)C=CC(=O)O. The van der Waals surface area contributed by atoms with E-state index >= 15 is 0 Å². The van der Waals surface area contributed by atoms with Gasteiger partial charge in [0, 0.05) is 28.7 Å². The molecule has 2 bridgehead atoms. The Labute approximate surface area is 178 Å². The molecular formula is C21H26BrNO6. The van der Waals surface area contributed by atoms with E-state index in [4.69, 9.17) is 14.9 Å². The van der Waals surface area contributed by atoms with Gasteiger partial charge in [-0.25, -0.2) is 9.59 Å². The number of hydrogen-bond acceptors (Lipinski definition) is 5. The maximum Gasteiger partial charge on any atom is 0.328 e. The summed E-state index contributed by atoms with van der Waals surface area (Å²) in [5.74, 6) is -2.80. The molecule has 4 atom stereocenters. The number of aliphatic carboxylic acids is 2. The number of hydrogen-bond donors (Lipinski definition) is 2. The van der Waals surface area contributed by atoms with E-state index in [0.717, 1.165) is 22.9 Å². The lowest BCUT2D eigenvalue weighted by Gasteiger charge is -2.36. The van der Waals surface area contributed by atoms with Crippen LogP contribution < -0.4 is 0 Å². The standard InChI is InChI=1S/C17H22BrNO2.C4H4O4/c1-11(12-3-5-13(18)6-4-12)17(20)21-16-9-14-7-8-15(10-16)19(14)2;5-3(6)1-2-4(7)8/h3-6,11,14-16H,7-10H2,1-2H3;1-2H,(H,5,6)(H,7,8)/t11?,14-,15+,16?;. The summed E-state index contributed by atoms with van der Waals surface area (Å²) in [6.07, 6.45) is 5.70. The molecule has 158 valence electrons. The summed E-state index contributed by atoms with van der Waals surface area (Å²) in [5.41, 5.74) is 1.01. The highest BCUT2D eigenvalue weighted by Gasteiger charge is 2.40. The number of fused-ring (bicyclic) bond motifs is 2. The van der Waals surface area contributed by atoms with Crippen molar-refractivity contribution in [1.82, 2.24) is 4.90 Å².